The summed E-state index contributed by atoms with van der Waals surface area (Å²) in [6, 6.07) is 8.34. The maximum atomic E-state index is 12.6. The van der Waals surface area contributed by atoms with Gasteiger partial charge in [0.2, 0.25) is 0 Å². The van der Waals surface area contributed by atoms with E-state index < -0.39 is 10.2 Å². The second kappa shape index (κ2) is 6.54. The minimum Gasteiger partial charge on any atom is -0.379 e. The van der Waals surface area contributed by atoms with Gasteiger partial charge >= 0.3 is 0 Å². The van der Waals surface area contributed by atoms with E-state index in [1.54, 1.807) is 8.61 Å². The Hall–Kier alpha value is -1.15. The van der Waals surface area contributed by atoms with Gasteiger partial charge in [0.1, 0.15) is 0 Å². The average molecular weight is 325 g/mol. The Balaban J connectivity index is 1.63. The minimum atomic E-state index is -3.34. The summed E-state index contributed by atoms with van der Waals surface area (Å²) in [7, 11) is -3.34. The van der Waals surface area contributed by atoms with Crippen LogP contribution in [0.5, 0.6) is 0 Å². The molecule has 0 unspecified atom stereocenters. The monoisotopic (exact) mass is 325 g/mol. The molecule has 0 atom stereocenters. The van der Waals surface area contributed by atoms with Gasteiger partial charge in [0.25, 0.3) is 10.2 Å². The lowest BCUT2D eigenvalue weighted by Crippen LogP contribution is -2.55. The van der Waals surface area contributed by atoms with Gasteiger partial charge in [0.05, 0.1) is 13.2 Å². The molecule has 122 valence electrons. The number of piperazine rings is 1. The Bertz CT molecular complexity index is 606. The van der Waals surface area contributed by atoms with Crippen molar-refractivity contribution >= 4 is 15.9 Å². The fourth-order valence-corrected chi connectivity index (χ4v) is 4.50. The van der Waals surface area contributed by atoms with Gasteiger partial charge < -0.3 is 9.64 Å². The largest absolute Gasteiger partial charge is 0.379 e. The van der Waals surface area contributed by atoms with Crippen molar-refractivity contribution in [1.29, 1.82) is 0 Å². The SMILES string of the molecule is Cc1cccc(N2CCN(S(=O)(=O)N3CCOCC3)CC2)c1. The topological polar surface area (TPSA) is 53.1 Å². The molecule has 22 heavy (non-hydrogen) atoms. The second-order valence-electron chi connectivity index (χ2n) is 5.74. The maximum Gasteiger partial charge on any atom is 0.282 e. The molecular weight excluding hydrogens is 302 g/mol. The van der Waals surface area contributed by atoms with E-state index in [-0.39, 0.29) is 0 Å². The molecule has 0 aromatic heterocycles. The molecule has 0 N–H and O–H groups in total. The van der Waals surface area contributed by atoms with Crippen LogP contribution in [0.3, 0.4) is 0 Å². The van der Waals surface area contributed by atoms with Gasteiger partial charge in [0, 0.05) is 45.0 Å². The van der Waals surface area contributed by atoms with Crippen LogP contribution in [0.15, 0.2) is 24.3 Å². The molecule has 1 aromatic rings. The predicted octanol–water partition coefficient (Wildman–Crippen LogP) is 0.694. The van der Waals surface area contributed by atoms with Crippen LogP contribution in [0.25, 0.3) is 0 Å². The highest BCUT2D eigenvalue weighted by molar-refractivity contribution is 7.86. The maximum absolute atomic E-state index is 12.6. The predicted molar refractivity (Wildman–Crippen MR) is 86.3 cm³/mol. The summed E-state index contributed by atoms with van der Waals surface area (Å²) in [4.78, 5) is 2.25. The molecule has 6 nitrogen and oxygen atoms in total. The van der Waals surface area contributed by atoms with E-state index in [2.05, 4.69) is 30.0 Å². The van der Waals surface area contributed by atoms with E-state index in [4.69, 9.17) is 4.74 Å². The van der Waals surface area contributed by atoms with E-state index in [1.165, 1.54) is 11.3 Å². The normalized spacial score (nSPS) is 22.0. The Morgan fingerprint density at radius 3 is 2.23 bits per heavy atom. The number of hydrogen-bond donors (Lipinski definition) is 0. The van der Waals surface area contributed by atoms with Crippen molar-refractivity contribution in [3.8, 4) is 0 Å². The molecule has 0 amide bonds. The number of morpholine rings is 1. The lowest BCUT2D eigenvalue weighted by atomic mass is 10.2. The lowest BCUT2D eigenvalue weighted by Gasteiger charge is -2.38. The van der Waals surface area contributed by atoms with Crippen molar-refractivity contribution < 1.29 is 13.2 Å². The Labute approximate surface area is 132 Å². The standard InChI is InChI=1S/C15H23N3O3S/c1-14-3-2-4-15(13-14)16-5-7-17(8-6-16)22(19,20)18-9-11-21-12-10-18/h2-4,13H,5-12H2,1H3. The number of nitrogens with zero attached hydrogens (tertiary/aromatic N) is 3. The van der Waals surface area contributed by atoms with Crippen LogP contribution in [0, 0.1) is 6.92 Å². The number of anilines is 1. The molecule has 2 heterocycles. The molecule has 2 saturated heterocycles. The van der Waals surface area contributed by atoms with Gasteiger partial charge in [0.15, 0.2) is 0 Å². The number of ether oxygens (including phenoxy) is 1. The fourth-order valence-electron chi connectivity index (χ4n) is 2.94. The molecule has 1 aromatic carbocycles. The molecule has 2 aliphatic heterocycles. The number of rotatable bonds is 3. The highest BCUT2D eigenvalue weighted by Crippen LogP contribution is 2.20. The first-order chi connectivity index (χ1) is 10.6. The van der Waals surface area contributed by atoms with Crippen molar-refractivity contribution in [2.24, 2.45) is 0 Å². The Morgan fingerprint density at radius 2 is 1.59 bits per heavy atom. The van der Waals surface area contributed by atoms with Crippen LogP contribution >= 0.6 is 0 Å². The van der Waals surface area contributed by atoms with E-state index in [9.17, 15) is 8.42 Å². The first kappa shape index (κ1) is 15.7. The molecule has 0 radical (unpaired) electrons. The molecule has 2 aliphatic rings. The zero-order valence-corrected chi connectivity index (χ0v) is 13.8. The molecule has 0 saturated carbocycles. The van der Waals surface area contributed by atoms with Gasteiger partial charge in [-0.15, -0.1) is 0 Å². The van der Waals surface area contributed by atoms with Gasteiger partial charge in [-0.3, -0.25) is 0 Å². The molecule has 0 bridgehead atoms. The number of hydrogen-bond acceptors (Lipinski definition) is 4. The Morgan fingerprint density at radius 1 is 0.955 bits per heavy atom. The lowest BCUT2D eigenvalue weighted by molar-refractivity contribution is 0.0700. The third-order valence-corrected chi connectivity index (χ3v) is 6.26. The minimum absolute atomic E-state index is 0.459. The molecule has 2 fully saturated rings. The van der Waals surface area contributed by atoms with Crippen molar-refractivity contribution in [3.05, 3.63) is 29.8 Å². The summed E-state index contributed by atoms with van der Waals surface area (Å²) in [6.07, 6.45) is 0. The summed E-state index contributed by atoms with van der Waals surface area (Å²) in [5.41, 5.74) is 2.39. The van der Waals surface area contributed by atoms with Crippen molar-refractivity contribution in [1.82, 2.24) is 8.61 Å². The fraction of sp³-hybridized carbons (Fsp3) is 0.600. The quantitative estimate of drug-likeness (QED) is 0.821. The van der Waals surface area contributed by atoms with Crippen LogP contribution in [-0.2, 0) is 14.9 Å². The number of aryl methyl sites for hydroxylation is 1. The molecule has 3 rings (SSSR count). The molecule has 7 heteroatoms. The van der Waals surface area contributed by atoms with E-state index in [0.29, 0.717) is 39.4 Å². The summed E-state index contributed by atoms with van der Waals surface area (Å²) in [6.45, 7) is 6.50. The van der Waals surface area contributed by atoms with Crippen molar-refractivity contribution in [2.75, 3.05) is 57.4 Å². The summed E-state index contributed by atoms with van der Waals surface area (Å²) < 4.78 is 33.6. The third-order valence-electron chi connectivity index (χ3n) is 4.23. The van der Waals surface area contributed by atoms with E-state index in [0.717, 1.165) is 13.1 Å². The van der Waals surface area contributed by atoms with Crippen LogP contribution < -0.4 is 4.90 Å². The van der Waals surface area contributed by atoms with Crippen LogP contribution in [-0.4, -0.2) is 69.5 Å². The second-order valence-corrected chi connectivity index (χ2v) is 7.67. The molecule has 0 spiro atoms. The zero-order chi connectivity index (χ0) is 15.6. The average Bonchev–Trinajstić information content (AvgIpc) is 2.56. The molecular formula is C15H23N3O3S. The zero-order valence-electron chi connectivity index (χ0n) is 12.9. The summed E-state index contributed by atoms with van der Waals surface area (Å²) >= 11 is 0. The van der Waals surface area contributed by atoms with Crippen molar-refractivity contribution in [3.63, 3.8) is 0 Å². The molecule has 0 aliphatic carbocycles. The van der Waals surface area contributed by atoms with Crippen LogP contribution in [0.4, 0.5) is 5.69 Å². The van der Waals surface area contributed by atoms with Gasteiger partial charge in [-0.1, -0.05) is 12.1 Å². The first-order valence-corrected chi connectivity index (χ1v) is 9.12. The van der Waals surface area contributed by atoms with Crippen LogP contribution in [0.1, 0.15) is 5.56 Å². The summed E-state index contributed by atoms with van der Waals surface area (Å²) in [5.74, 6) is 0. The first-order valence-electron chi connectivity index (χ1n) is 7.72. The van der Waals surface area contributed by atoms with E-state index in [1.807, 2.05) is 6.07 Å². The Kier molecular flexibility index (Phi) is 4.67. The van der Waals surface area contributed by atoms with Crippen molar-refractivity contribution in [2.45, 2.75) is 6.92 Å². The number of benzene rings is 1. The highest BCUT2D eigenvalue weighted by atomic mass is 32.2. The van der Waals surface area contributed by atoms with Gasteiger partial charge in [-0.25, -0.2) is 0 Å². The highest BCUT2D eigenvalue weighted by Gasteiger charge is 2.33. The van der Waals surface area contributed by atoms with E-state index >= 15 is 0 Å². The smallest absolute Gasteiger partial charge is 0.282 e. The van der Waals surface area contributed by atoms with Gasteiger partial charge in [-0.2, -0.15) is 17.0 Å². The summed E-state index contributed by atoms with van der Waals surface area (Å²) in [5, 5.41) is 0. The third kappa shape index (κ3) is 3.27. The van der Waals surface area contributed by atoms with Crippen LogP contribution in [0.2, 0.25) is 0 Å². The van der Waals surface area contributed by atoms with Gasteiger partial charge in [-0.05, 0) is 24.6 Å².